The summed E-state index contributed by atoms with van der Waals surface area (Å²) >= 11 is 0. The quantitative estimate of drug-likeness (QED) is 0.128. The lowest BCUT2D eigenvalue weighted by molar-refractivity contribution is -0.228. The number of piperidine rings is 1. The highest BCUT2D eigenvalue weighted by Gasteiger charge is 2.80. The highest BCUT2D eigenvalue weighted by atomic mass is 32.3. The van der Waals surface area contributed by atoms with Gasteiger partial charge in [-0.15, -0.1) is 0 Å². The number of hydrogen-bond acceptors (Lipinski definition) is 14. The number of fused-ring (bicyclic) bond motifs is 8. The van der Waals surface area contributed by atoms with E-state index in [1.165, 1.54) is 40.4 Å². The summed E-state index contributed by atoms with van der Waals surface area (Å²) in [5.74, 6) is 0.0532. The van der Waals surface area contributed by atoms with E-state index in [-0.39, 0.29) is 17.9 Å². The maximum absolute atomic E-state index is 15.5. The number of aromatic nitrogens is 1. The Kier molecular flexibility index (Phi) is 11.9. The number of rotatable bonds is 7. The number of H-pyrrole nitrogens is 1. The van der Waals surface area contributed by atoms with Gasteiger partial charge in [-0.3, -0.25) is 23.2 Å². The van der Waals surface area contributed by atoms with Gasteiger partial charge in [0.2, 0.25) is 5.60 Å². The third-order valence-corrected chi connectivity index (χ3v) is 17.4. The maximum atomic E-state index is 15.5. The molecule has 2 bridgehead atoms. The highest BCUT2D eigenvalue weighted by Crippen LogP contribution is 2.68. The van der Waals surface area contributed by atoms with Crippen LogP contribution in [0.1, 0.15) is 81.2 Å². The average molecular weight is 933 g/mol. The molecular weight excluding hydrogens is 869 g/mol. The lowest BCUT2D eigenvalue weighted by atomic mass is 9.47. The number of aromatic amines is 1. The molecule has 4 unspecified atom stereocenters. The van der Waals surface area contributed by atoms with Crippen molar-refractivity contribution in [2.75, 3.05) is 73.1 Å². The van der Waals surface area contributed by atoms with Crippen molar-refractivity contribution in [3.63, 3.8) is 0 Å². The first-order valence-corrected chi connectivity index (χ1v) is 24.7. The Hall–Kier alpha value is -4.52. The van der Waals surface area contributed by atoms with Crippen molar-refractivity contribution in [1.82, 2.24) is 14.8 Å². The molecule has 2 saturated heterocycles. The number of anilines is 1. The maximum Gasteiger partial charge on any atom is 0.397 e. The van der Waals surface area contributed by atoms with Crippen LogP contribution in [-0.2, 0) is 60.4 Å². The monoisotopic (exact) mass is 932 g/mol. The van der Waals surface area contributed by atoms with Crippen LogP contribution in [0.3, 0.4) is 0 Å². The first-order valence-electron chi connectivity index (χ1n) is 23.3. The van der Waals surface area contributed by atoms with Gasteiger partial charge >= 0.3 is 28.3 Å². The summed E-state index contributed by atoms with van der Waals surface area (Å²) in [4.78, 5) is 53.9. The molecule has 16 nitrogen and oxygen atoms in total. The Labute approximate surface area is 386 Å². The standard InChI is InChI=1S/C48H60N4O8.CH4O4S/c1-7-45-18-12-20-52-22-19-46(40(45)52)34-23-35(38(57-4)24-37(34)50(3)41(46)48(56,44(55)59-6)42(45)60-28(2)53)47(43(54)58-5)25-30-27-51(26-29-13-8-9-14-31(29)30)21-17-33-32-15-10-11-16-36(32)49-39(33)47;1-5-6(2,3)4/h10-12,15-16,18,23-24,29-31,40-42,49,56H,7-9,13-14,17,19-22,25-27H2,1-6H3;1H3,(H,2,3,4)/t29-,30+,31-,40-,41?,42?,45+,46?,47+,48+;/m0./s1. The van der Waals surface area contributed by atoms with Crippen LogP contribution < -0.4 is 9.64 Å². The van der Waals surface area contributed by atoms with Crippen molar-refractivity contribution in [3.8, 4) is 5.75 Å². The molecule has 3 aromatic rings. The lowest BCUT2D eigenvalue weighted by Crippen LogP contribution is -2.81. The van der Waals surface area contributed by atoms with E-state index in [0.717, 1.165) is 78.6 Å². The van der Waals surface area contributed by atoms with Crippen molar-refractivity contribution in [2.45, 2.75) is 99.8 Å². The fraction of sp³-hybridized carbons (Fsp3) is 0.612. The van der Waals surface area contributed by atoms with E-state index in [1.54, 1.807) is 7.11 Å². The fourth-order valence-corrected chi connectivity index (χ4v) is 14.7. The molecule has 3 N–H and O–H groups in total. The highest BCUT2D eigenvalue weighted by molar-refractivity contribution is 7.80. The zero-order valence-corrected chi connectivity index (χ0v) is 39.8. The van der Waals surface area contributed by atoms with Crippen LogP contribution in [0.25, 0.3) is 10.9 Å². The largest absolute Gasteiger partial charge is 0.496 e. The summed E-state index contributed by atoms with van der Waals surface area (Å²) in [5.41, 5.74) is 0.0512. The van der Waals surface area contributed by atoms with Crippen molar-refractivity contribution < 1.29 is 55.6 Å². The summed E-state index contributed by atoms with van der Waals surface area (Å²) in [6.45, 7) is 7.65. The third-order valence-electron chi connectivity index (χ3n) is 17.0. The van der Waals surface area contributed by atoms with Crippen molar-refractivity contribution in [3.05, 3.63) is 70.9 Å². The van der Waals surface area contributed by atoms with Gasteiger partial charge in [0.15, 0.2) is 6.10 Å². The molecule has 2 saturated carbocycles. The molecule has 4 fully saturated rings. The van der Waals surface area contributed by atoms with Crippen molar-refractivity contribution >= 4 is 44.9 Å². The molecule has 1 spiro atoms. The molecule has 11 atom stereocenters. The van der Waals surface area contributed by atoms with Gasteiger partial charge in [0.05, 0.1) is 34.5 Å². The van der Waals surface area contributed by atoms with E-state index in [2.05, 4.69) is 55.4 Å². The summed E-state index contributed by atoms with van der Waals surface area (Å²) < 4.78 is 53.9. The molecule has 17 heteroatoms. The van der Waals surface area contributed by atoms with E-state index in [1.807, 2.05) is 31.0 Å². The van der Waals surface area contributed by atoms with Gasteiger partial charge in [0.25, 0.3) is 0 Å². The number of nitrogens with one attached hydrogen (secondary N) is 1. The van der Waals surface area contributed by atoms with Gasteiger partial charge in [-0.2, -0.15) is 8.42 Å². The Balaban J connectivity index is 0.000000857. The van der Waals surface area contributed by atoms with Crippen LogP contribution >= 0.6 is 0 Å². The molecule has 0 amide bonds. The molecule has 2 aliphatic carbocycles. The molecule has 358 valence electrons. The Morgan fingerprint density at radius 2 is 1.65 bits per heavy atom. The summed E-state index contributed by atoms with van der Waals surface area (Å²) in [6.07, 6.45) is 10.1. The first kappa shape index (κ1) is 46.6. The topological polar surface area (TPSA) is 197 Å². The van der Waals surface area contributed by atoms with Gasteiger partial charge < -0.3 is 38.8 Å². The smallest absolute Gasteiger partial charge is 0.397 e. The normalized spacial score (nSPS) is 35.3. The second kappa shape index (κ2) is 16.9. The van der Waals surface area contributed by atoms with Crippen LogP contribution in [0.5, 0.6) is 5.75 Å². The molecule has 2 aromatic carbocycles. The Morgan fingerprint density at radius 3 is 2.33 bits per heavy atom. The van der Waals surface area contributed by atoms with Gasteiger partial charge in [-0.05, 0) is 86.1 Å². The summed E-state index contributed by atoms with van der Waals surface area (Å²) in [7, 11) is 3.05. The van der Waals surface area contributed by atoms with Crippen LogP contribution in [0.15, 0.2) is 48.6 Å². The second-order valence-electron chi connectivity index (χ2n) is 19.6. The summed E-state index contributed by atoms with van der Waals surface area (Å²) in [6, 6.07) is 11.4. The lowest BCUT2D eigenvalue weighted by Gasteiger charge is -2.63. The molecule has 7 aliphatic rings. The van der Waals surface area contributed by atoms with Crippen molar-refractivity contribution in [2.24, 2.45) is 23.2 Å². The molecular formula is C49H64N4O12S. The number of benzene rings is 2. The number of ether oxygens (including phenoxy) is 4. The zero-order chi connectivity index (χ0) is 47.1. The number of esters is 3. The molecule has 5 aliphatic heterocycles. The summed E-state index contributed by atoms with van der Waals surface area (Å²) in [5, 5.41) is 14.5. The number of hydrogen-bond donors (Lipinski definition) is 3. The van der Waals surface area contributed by atoms with Crippen LogP contribution in [0, 0.1) is 23.2 Å². The number of carbonyl (C=O) groups is 3. The van der Waals surface area contributed by atoms with E-state index >= 15 is 4.79 Å². The van der Waals surface area contributed by atoms with Gasteiger partial charge in [-0.1, -0.05) is 50.1 Å². The minimum absolute atomic E-state index is 0.217. The Bertz CT molecular complexity index is 2560. The van der Waals surface area contributed by atoms with Crippen LogP contribution in [-0.4, -0.2) is 143 Å². The van der Waals surface area contributed by atoms with Gasteiger partial charge in [-0.25, -0.2) is 4.79 Å². The van der Waals surface area contributed by atoms with Crippen LogP contribution in [0.2, 0.25) is 0 Å². The molecule has 1 aromatic heterocycles. The van der Waals surface area contributed by atoms with E-state index in [0.29, 0.717) is 49.9 Å². The number of nitrogens with zero attached hydrogens (tertiary/aromatic N) is 3. The molecule has 10 rings (SSSR count). The van der Waals surface area contributed by atoms with E-state index < -0.39 is 56.3 Å². The second-order valence-corrected chi connectivity index (χ2v) is 20.8. The average Bonchev–Trinajstić information content (AvgIpc) is 3.98. The SMILES string of the molecule is CC[C@]12C=CCN3CCC4(c5cc([C@]6(C(=O)OC)C[C@@H]7CN(CCc8c6[nH]c6ccccc86)C[C@@H]6CCCC[C@@H]67)c(OC)cc5N(C)C4[C@](O)(C(=O)OC)C1OC(C)=O)[C@@H]32.COS(=O)(=O)O. The number of carbonyl (C=O) groups excluding carboxylic acids is 3. The molecule has 66 heavy (non-hydrogen) atoms. The van der Waals surface area contributed by atoms with Gasteiger partial charge in [0.1, 0.15) is 11.2 Å². The number of para-hydroxylation sites is 1. The Morgan fingerprint density at radius 1 is 0.939 bits per heavy atom. The fourth-order valence-electron chi connectivity index (χ4n) is 14.7. The number of aliphatic hydroxyl groups is 1. The molecule has 0 radical (unpaired) electrons. The van der Waals surface area contributed by atoms with Crippen molar-refractivity contribution in [1.29, 1.82) is 0 Å². The van der Waals surface area contributed by atoms with E-state index in [4.69, 9.17) is 23.5 Å². The third kappa shape index (κ3) is 6.68. The van der Waals surface area contributed by atoms with E-state index in [9.17, 15) is 23.1 Å². The van der Waals surface area contributed by atoms with Gasteiger partial charge in [0, 0.05) is 90.9 Å². The number of likely N-dealkylation sites (N-methyl/N-ethyl adjacent to an activating group) is 1. The predicted molar refractivity (Wildman–Crippen MR) is 245 cm³/mol. The first-order chi connectivity index (χ1) is 31.5. The molecule has 6 heterocycles. The number of methoxy groups -OCH3 is 3. The predicted octanol–water partition coefficient (Wildman–Crippen LogP) is 4.70. The zero-order valence-electron chi connectivity index (χ0n) is 39.0. The minimum atomic E-state index is -4.16. The van der Waals surface area contributed by atoms with Crippen LogP contribution in [0.4, 0.5) is 5.69 Å². The minimum Gasteiger partial charge on any atom is -0.496 e.